The molecular formula is C39H50ClN3O6S. The van der Waals surface area contributed by atoms with E-state index >= 15 is 0 Å². The molecule has 0 aromatic heterocycles. The molecule has 270 valence electrons. The molecule has 6 aliphatic rings. The van der Waals surface area contributed by atoms with Gasteiger partial charge in [-0.25, -0.2) is 13.1 Å². The number of nitrogens with one attached hydrogen (secondary N) is 1. The van der Waals surface area contributed by atoms with E-state index in [1.54, 1.807) is 13.0 Å². The van der Waals surface area contributed by atoms with Gasteiger partial charge in [-0.15, -0.1) is 0 Å². The number of sulfonamides is 1. The predicted molar refractivity (Wildman–Crippen MR) is 195 cm³/mol. The Morgan fingerprint density at radius 2 is 1.92 bits per heavy atom. The first-order valence-corrected chi connectivity index (χ1v) is 20.3. The first-order valence-electron chi connectivity index (χ1n) is 18.4. The third kappa shape index (κ3) is 5.77. The van der Waals surface area contributed by atoms with Crippen LogP contribution >= 0.6 is 11.6 Å². The zero-order valence-electron chi connectivity index (χ0n) is 29.5. The zero-order valence-corrected chi connectivity index (χ0v) is 31.0. The minimum absolute atomic E-state index is 0.114. The number of halogens is 1. The molecule has 2 bridgehead atoms. The summed E-state index contributed by atoms with van der Waals surface area (Å²) in [6.07, 6.45) is 11.2. The second kappa shape index (κ2) is 12.8. The van der Waals surface area contributed by atoms with Crippen LogP contribution in [0.2, 0.25) is 5.02 Å². The summed E-state index contributed by atoms with van der Waals surface area (Å²) in [5.74, 6) is 0.486. The first-order chi connectivity index (χ1) is 24.0. The Morgan fingerprint density at radius 1 is 1.08 bits per heavy atom. The molecule has 4 heterocycles. The van der Waals surface area contributed by atoms with Gasteiger partial charge in [0.15, 0.2) is 0 Å². The Balaban J connectivity index is 1.21. The van der Waals surface area contributed by atoms with Gasteiger partial charge < -0.3 is 19.1 Å². The van der Waals surface area contributed by atoms with Gasteiger partial charge in [0.25, 0.3) is 5.91 Å². The molecule has 1 N–H and O–H groups in total. The monoisotopic (exact) mass is 723 g/mol. The Labute approximate surface area is 301 Å². The number of likely N-dealkylation sites (tertiary alicyclic amines) is 1. The van der Waals surface area contributed by atoms with Gasteiger partial charge >= 0.3 is 0 Å². The molecule has 2 spiro atoms. The summed E-state index contributed by atoms with van der Waals surface area (Å²) >= 11 is 6.49. The summed E-state index contributed by atoms with van der Waals surface area (Å²) in [6, 6.07) is 11.6. The van der Waals surface area contributed by atoms with E-state index in [1.165, 1.54) is 11.1 Å². The van der Waals surface area contributed by atoms with Crippen molar-refractivity contribution < 1.29 is 27.4 Å². The van der Waals surface area contributed by atoms with Gasteiger partial charge in [-0.2, -0.15) is 0 Å². The highest BCUT2D eigenvalue weighted by atomic mass is 35.5. The van der Waals surface area contributed by atoms with Crippen LogP contribution in [0.5, 0.6) is 5.75 Å². The highest BCUT2D eigenvalue weighted by Gasteiger charge is 2.56. The van der Waals surface area contributed by atoms with Crippen LogP contribution < -0.4 is 14.4 Å². The van der Waals surface area contributed by atoms with Crippen LogP contribution in [0.25, 0.3) is 0 Å². The number of benzene rings is 2. The first kappa shape index (κ1) is 34.5. The second-order valence-corrected chi connectivity index (χ2v) is 18.5. The van der Waals surface area contributed by atoms with Crippen LogP contribution in [-0.2, 0) is 31.3 Å². The van der Waals surface area contributed by atoms with Crippen molar-refractivity contribution in [3.05, 3.63) is 70.3 Å². The van der Waals surface area contributed by atoms with Gasteiger partial charge in [-0.05, 0) is 111 Å². The predicted octanol–water partition coefficient (Wildman–Crippen LogP) is 5.74. The lowest BCUT2D eigenvalue weighted by atomic mass is 9.63. The van der Waals surface area contributed by atoms with Crippen LogP contribution in [0.1, 0.15) is 73.9 Å². The molecule has 2 aliphatic carbocycles. The number of aryl methyl sites for hydroxylation is 1. The maximum atomic E-state index is 13.6. The van der Waals surface area contributed by atoms with E-state index in [9.17, 15) is 13.2 Å². The number of allylic oxidation sites excluding steroid dienone is 1. The standard InChI is InChI=1S/C39H50ClN3O6S/c1-26-6-4-15-39(47-3,22-43-17-16-38(43)24-48-25-38)33-11-8-30(33)20-42-21-37(14-5-7-28-18-31(40)10-12-32(28)37)23-49-35-13-9-29(19-34(35)42)36(44)41-50(45,46)27(26)2/h4,9-10,12-13,15,18-19,26-27,30,33H,5-8,11,14,16-17,20-25H2,1-3H3,(H,41,44)/b15-4-/t26-,27+,30-,33+,37-,39+/m0/s1. The molecule has 50 heavy (non-hydrogen) atoms. The highest BCUT2D eigenvalue weighted by Crippen LogP contribution is 2.50. The maximum absolute atomic E-state index is 13.6. The topological polar surface area (TPSA) is 97.4 Å². The van der Waals surface area contributed by atoms with Gasteiger partial charge in [-0.1, -0.05) is 36.7 Å². The highest BCUT2D eigenvalue weighted by molar-refractivity contribution is 7.90. The van der Waals surface area contributed by atoms with Crippen molar-refractivity contribution in [2.24, 2.45) is 17.8 Å². The Morgan fingerprint density at radius 3 is 2.62 bits per heavy atom. The molecule has 11 heteroatoms. The average Bonchev–Trinajstić information content (AvgIpc) is 3.19. The number of fused-ring (bicyclic) bond motifs is 4. The number of anilines is 1. The molecule has 0 unspecified atom stereocenters. The number of hydrogen-bond donors (Lipinski definition) is 1. The third-order valence-electron chi connectivity index (χ3n) is 13.3. The molecule has 2 aromatic carbocycles. The van der Waals surface area contributed by atoms with Crippen molar-refractivity contribution in [3.8, 4) is 5.75 Å². The van der Waals surface area contributed by atoms with E-state index in [1.807, 2.05) is 32.2 Å². The van der Waals surface area contributed by atoms with E-state index in [0.29, 0.717) is 30.3 Å². The van der Waals surface area contributed by atoms with E-state index < -0.39 is 26.8 Å². The van der Waals surface area contributed by atoms with Crippen LogP contribution in [0.15, 0.2) is 48.6 Å². The average molecular weight is 724 g/mol. The third-order valence-corrected chi connectivity index (χ3v) is 15.5. The van der Waals surface area contributed by atoms with Gasteiger partial charge in [0.2, 0.25) is 10.0 Å². The van der Waals surface area contributed by atoms with Gasteiger partial charge in [-0.3, -0.25) is 9.69 Å². The molecule has 6 atom stereocenters. The lowest BCUT2D eigenvalue weighted by molar-refractivity contribution is -0.215. The molecule has 3 fully saturated rings. The summed E-state index contributed by atoms with van der Waals surface area (Å²) in [6.45, 7) is 8.97. The number of amides is 1. The summed E-state index contributed by atoms with van der Waals surface area (Å²) in [4.78, 5) is 18.6. The van der Waals surface area contributed by atoms with Crippen molar-refractivity contribution in [1.82, 2.24) is 9.62 Å². The van der Waals surface area contributed by atoms with E-state index in [2.05, 4.69) is 38.8 Å². The van der Waals surface area contributed by atoms with Crippen LogP contribution in [0.4, 0.5) is 5.69 Å². The Kier molecular flexibility index (Phi) is 8.82. The van der Waals surface area contributed by atoms with E-state index in [-0.39, 0.29) is 22.8 Å². The maximum Gasteiger partial charge on any atom is 0.264 e. The molecule has 2 aromatic rings. The fraction of sp³-hybridized carbons (Fsp3) is 0.615. The Bertz CT molecular complexity index is 1790. The van der Waals surface area contributed by atoms with E-state index in [4.69, 9.17) is 25.8 Å². The normalized spacial score (nSPS) is 35.3. The summed E-state index contributed by atoms with van der Waals surface area (Å²) < 4.78 is 48.5. The minimum Gasteiger partial charge on any atom is -0.490 e. The summed E-state index contributed by atoms with van der Waals surface area (Å²) in [5, 5.41) is -0.0276. The molecule has 4 aliphatic heterocycles. The molecule has 9 nitrogen and oxygen atoms in total. The largest absolute Gasteiger partial charge is 0.490 e. The second-order valence-electron chi connectivity index (χ2n) is 16.1. The molecule has 1 amide bonds. The summed E-state index contributed by atoms with van der Waals surface area (Å²) in [5.41, 5.74) is 3.02. The lowest BCUT2D eigenvalue weighted by Crippen LogP contribution is -2.73. The molecule has 2 saturated heterocycles. The SMILES string of the molecule is CO[C@@]1(CN2CCC23COC3)/C=C\C[C@H](C)[C@@H](C)S(=O)(=O)NC(=O)c2ccc3c(c2)N(C[C@@H]2CC[C@H]21)C[C@@]1(CCCc2cc(Cl)ccc21)CO3. The van der Waals surface area contributed by atoms with Crippen LogP contribution in [0, 0.1) is 17.8 Å². The zero-order chi connectivity index (χ0) is 34.9. The van der Waals surface area contributed by atoms with Crippen molar-refractivity contribution in [3.63, 3.8) is 0 Å². The van der Waals surface area contributed by atoms with Gasteiger partial charge in [0.1, 0.15) is 11.4 Å². The molecule has 0 radical (unpaired) electrons. The number of nitrogens with zero attached hydrogens (tertiary/aromatic N) is 2. The quantitative estimate of drug-likeness (QED) is 0.401. The van der Waals surface area contributed by atoms with Crippen LogP contribution in [0.3, 0.4) is 0 Å². The van der Waals surface area contributed by atoms with Crippen molar-refractivity contribution >= 4 is 33.2 Å². The fourth-order valence-electron chi connectivity index (χ4n) is 9.60. The number of rotatable bonds is 3. The van der Waals surface area contributed by atoms with Crippen LogP contribution in [-0.4, -0.2) is 88.7 Å². The summed E-state index contributed by atoms with van der Waals surface area (Å²) in [7, 11) is -2.11. The minimum atomic E-state index is -3.95. The van der Waals surface area contributed by atoms with Gasteiger partial charge in [0.05, 0.1) is 36.3 Å². The number of methoxy groups -OCH3 is 1. The molecule has 8 rings (SSSR count). The Hall–Kier alpha value is -2.63. The smallest absolute Gasteiger partial charge is 0.264 e. The molecule has 1 saturated carbocycles. The lowest BCUT2D eigenvalue weighted by Gasteiger charge is -2.61. The number of ether oxygens (including phenoxy) is 3. The van der Waals surface area contributed by atoms with E-state index in [0.717, 1.165) is 88.6 Å². The van der Waals surface area contributed by atoms with Crippen molar-refractivity contribution in [2.45, 2.75) is 80.6 Å². The molecular weight excluding hydrogens is 674 g/mol. The number of hydrogen-bond acceptors (Lipinski definition) is 8. The van der Waals surface area contributed by atoms with Crippen molar-refractivity contribution in [1.29, 1.82) is 0 Å². The van der Waals surface area contributed by atoms with Crippen molar-refractivity contribution in [2.75, 3.05) is 58.0 Å². The fourth-order valence-corrected chi connectivity index (χ4v) is 11.1. The number of carbonyl (C=O) groups is 1. The number of carbonyl (C=O) groups excluding carboxylic acids is 1. The van der Waals surface area contributed by atoms with Gasteiger partial charge in [0, 0.05) is 49.3 Å².